The van der Waals surface area contributed by atoms with Gasteiger partial charge in [-0.3, -0.25) is 4.79 Å². The van der Waals surface area contributed by atoms with Gasteiger partial charge in [0.1, 0.15) is 6.54 Å². The molecule has 3 heteroatoms. The molecule has 0 aliphatic heterocycles. The molecule has 1 aromatic carbocycles. The summed E-state index contributed by atoms with van der Waals surface area (Å²) in [4.78, 5) is 12.2. The van der Waals surface area contributed by atoms with Crippen LogP contribution in [0.15, 0.2) is 18.2 Å². The molecule has 1 aromatic rings. The number of nitrogens with two attached hydrogens (primary N) is 1. The number of rotatable bonds is 4. The highest BCUT2D eigenvalue weighted by Gasteiger charge is 2.19. The monoisotopic (exact) mass is 221 g/mol. The molecular weight excluding hydrogens is 200 g/mol. The van der Waals surface area contributed by atoms with Crippen molar-refractivity contribution in [1.29, 1.82) is 0 Å². The van der Waals surface area contributed by atoms with Gasteiger partial charge in [0.05, 0.1) is 7.05 Å². The summed E-state index contributed by atoms with van der Waals surface area (Å²) in [5.74, 6) is -0.248. The smallest absolute Gasteiger partial charge is 0.275 e. The minimum absolute atomic E-state index is 0.152. The van der Waals surface area contributed by atoms with E-state index in [1.807, 2.05) is 14.0 Å². The van der Waals surface area contributed by atoms with Crippen molar-refractivity contribution in [2.24, 2.45) is 5.73 Å². The molecule has 0 aliphatic carbocycles. The van der Waals surface area contributed by atoms with Crippen LogP contribution in [0.2, 0.25) is 0 Å². The normalized spacial score (nSPS) is 14.5. The fourth-order valence-electron chi connectivity index (χ4n) is 1.74. The number of primary amides is 1. The molecule has 3 nitrogen and oxygen atoms in total. The summed E-state index contributed by atoms with van der Waals surface area (Å²) in [6, 6.07) is 6.24. The molecule has 1 rings (SSSR count). The van der Waals surface area contributed by atoms with Crippen LogP contribution in [0, 0.1) is 13.8 Å². The number of carbonyl (C=O) groups excluding carboxylic acids is 1. The van der Waals surface area contributed by atoms with Crippen molar-refractivity contribution < 1.29 is 9.69 Å². The van der Waals surface area contributed by atoms with Gasteiger partial charge in [-0.15, -0.1) is 0 Å². The molecular formula is C13H21N2O+. The molecule has 2 atom stereocenters. The van der Waals surface area contributed by atoms with Gasteiger partial charge in [0.25, 0.3) is 5.91 Å². The molecule has 3 N–H and O–H groups in total. The Balaban J connectivity index is 2.77. The molecule has 0 aliphatic rings. The average Bonchev–Trinajstić information content (AvgIpc) is 2.20. The fraction of sp³-hybridized carbons (Fsp3) is 0.462. The van der Waals surface area contributed by atoms with Crippen molar-refractivity contribution in [2.75, 3.05) is 7.05 Å². The molecule has 0 saturated heterocycles. The number of aryl methyl sites for hydroxylation is 2. The molecule has 0 radical (unpaired) electrons. The van der Waals surface area contributed by atoms with Gasteiger partial charge in [-0.2, -0.15) is 0 Å². The molecule has 16 heavy (non-hydrogen) atoms. The quantitative estimate of drug-likeness (QED) is 0.749. The highest BCUT2D eigenvalue weighted by Crippen LogP contribution is 2.09. The molecule has 1 amide bonds. The lowest BCUT2D eigenvalue weighted by molar-refractivity contribution is -0.908. The predicted octanol–water partition coefficient (Wildman–Crippen LogP) is 0.192. The van der Waals surface area contributed by atoms with Gasteiger partial charge in [-0.1, -0.05) is 23.8 Å². The minimum atomic E-state index is -0.248. The third-order valence-electron chi connectivity index (χ3n) is 3.13. The van der Waals surface area contributed by atoms with Crippen molar-refractivity contribution >= 4 is 5.91 Å². The maximum absolute atomic E-state index is 11.1. The highest BCUT2D eigenvalue weighted by atomic mass is 16.1. The Morgan fingerprint density at radius 2 is 2.06 bits per heavy atom. The maximum atomic E-state index is 11.1. The average molecular weight is 221 g/mol. The number of benzene rings is 1. The van der Waals surface area contributed by atoms with Crippen LogP contribution in [0.1, 0.15) is 23.6 Å². The second-order valence-corrected chi connectivity index (χ2v) is 4.58. The Morgan fingerprint density at radius 1 is 1.44 bits per heavy atom. The molecule has 1 unspecified atom stereocenters. The highest BCUT2D eigenvalue weighted by molar-refractivity contribution is 5.77. The maximum Gasteiger partial charge on any atom is 0.275 e. The van der Waals surface area contributed by atoms with Gasteiger partial charge in [-0.25, -0.2) is 0 Å². The zero-order valence-electron chi connectivity index (χ0n) is 10.5. The van der Waals surface area contributed by atoms with Crippen LogP contribution in [0.25, 0.3) is 0 Å². The molecule has 0 spiro atoms. The number of likely N-dealkylation sites (N-methyl/N-ethyl adjacent to an activating group) is 1. The summed E-state index contributed by atoms with van der Waals surface area (Å²) in [5.41, 5.74) is 9.11. The zero-order chi connectivity index (χ0) is 12.3. The SMILES string of the molecule is Cc1ccc(C[NH+](C)[C@H](C)C(N)=O)c(C)c1. The summed E-state index contributed by atoms with van der Waals surface area (Å²) in [5, 5.41) is 0. The van der Waals surface area contributed by atoms with Crippen LogP contribution in [0.4, 0.5) is 0 Å². The molecule has 0 aromatic heterocycles. The minimum Gasteiger partial charge on any atom is -0.365 e. The Hall–Kier alpha value is -1.35. The summed E-state index contributed by atoms with van der Waals surface area (Å²) in [6.45, 7) is 6.88. The predicted molar refractivity (Wildman–Crippen MR) is 65.2 cm³/mol. The van der Waals surface area contributed by atoms with E-state index in [0.29, 0.717) is 0 Å². The number of hydrogen-bond donors (Lipinski definition) is 2. The first-order valence-electron chi connectivity index (χ1n) is 5.59. The van der Waals surface area contributed by atoms with Gasteiger partial charge >= 0.3 is 0 Å². The Kier molecular flexibility index (Phi) is 4.07. The number of amides is 1. The van der Waals surface area contributed by atoms with E-state index in [1.54, 1.807) is 0 Å². The van der Waals surface area contributed by atoms with E-state index in [-0.39, 0.29) is 11.9 Å². The van der Waals surface area contributed by atoms with Gasteiger partial charge in [0.2, 0.25) is 0 Å². The first-order chi connectivity index (χ1) is 7.41. The molecule has 0 saturated carbocycles. The third kappa shape index (κ3) is 3.07. The van der Waals surface area contributed by atoms with E-state index in [4.69, 9.17) is 5.73 Å². The molecule has 0 fully saturated rings. The van der Waals surface area contributed by atoms with Crippen LogP contribution >= 0.6 is 0 Å². The molecule has 88 valence electrons. The van der Waals surface area contributed by atoms with Crippen LogP contribution in [-0.4, -0.2) is 19.0 Å². The Morgan fingerprint density at radius 3 is 2.56 bits per heavy atom. The largest absolute Gasteiger partial charge is 0.365 e. The fourth-order valence-corrected chi connectivity index (χ4v) is 1.74. The molecule has 0 bridgehead atoms. The van der Waals surface area contributed by atoms with Crippen molar-refractivity contribution in [2.45, 2.75) is 33.4 Å². The number of hydrogen-bond acceptors (Lipinski definition) is 1. The lowest BCUT2D eigenvalue weighted by Gasteiger charge is -2.20. The van der Waals surface area contributed by atoms with E-state index >= 15 is 0 Å². The molecule has 0 heterocycles. The number of nitrogens with one attached hydrogen (secondary N) is 1. The summed E-state index contributed by atoms with van der Waals surface area (Å²) >= 11 is 0. The lowest BCUT2D eigenvalue weighted by atomic mass is 10.0. The number of quaternary nitrogens is 1. The van der Waals surface area contributed by atoms with Crippen LogP contribution < -0.4 is 10.6 Å². The zero-order valence-corrected chi connectivity index (χ0v) is 10.5. The first kappa shape index (κ1) is 12.7. The van der Waals surface area contributed by atoms with Gasteiger partial charge in [0, 0.05) is 5.56 Å². The van der Waals surface area contributed by atoms with Crippen LogP contribution in [-0.2, 0) is 11.3 Å². The van der Waals surface area contributed by atoms with Crippen LogP contribution in [0.5, 0.6) is 0 Å². The summed E-state index contributed by atoms with van der Waals surface area (Å²) < 4.78 is 0. The summed E-state index contributed by atoms with van der Waals surface area (Å²) in [6.07, 6.45) is 0. The second-order valence-electron chi connectivity index (χ2n) is 4.58. The van der Waals surface area contributed by atoms with Crippen molar-refractivity contribution in [3.8, 4) is 0 Å². The van der Waals surface area contributed by atoms with Gasteiger partial charge in [-0.05, 0) is 26.3 Å². The van der Waals surface area contributed by atoms with E-state index in [2.05, 4.69) is 32.0 Å². The summed E-state index contributed by atoms with van der Waals surface area (Å²) in [7, 11) is 1.99. The Labute approximate surface area is 97.2 Å². The van der Waals surface area contributed by atoms with E-state index in [9.17, 15) is 4.79 Å². The van der Waals surface area contributed by atoms with Crippen molar-refractivity contribution in [3.63, 3.8) is 0 Å². The standard InChI is InChI=1S/C13H20N2O/c1-9-5-6-12(10(2)7-9)8-15(4)11(3)13(14)16/h5-7,11H,8H2,1-4H3,(H2,14,16)/p+1/t11-/m1/s1. The lowest BCUT2D eigenvalue weighted by Crippen LogP contribution is -3.12. The number of carbonyl (C=O) groups is 1. The third-order valence-corrected chi connectivity index (χ3v) is 3.13. The van der Waals surface area contributed by atoms with E-state index < -0.39 is 0 Å². The van der Waals surface area contributed by atoms with Crippen molar-refractivity contribution in [3.05, 3.63) is 34.9 Å². The van der Waals surface area contributed by atoms with E-state index in [0.717, 1.165) is 11.4 Å². The topological polar surface area (TPSA) is 47.5 Å². The van der Waals surface area contributed by atoms with Crippen LogP contribution in [0.3, 0.4) is 0 Å². The van der Waals surface area contributed by atoms with Gasteiger partial charge in [0.15, 0.2) is 6.04 Å². The van der Waals surface area contributed by atoms with Gasteiger partial charge < -0.3 is 10.6 Å². The van der Waals surface area contributed by atoms with Crippen molar-refractivity contribution in [1.82, 2.24) is 0 Å². The second kappa shape index (κ2) is 5.12. The first-order valence-corrected chi connectivity index (χ1v) is 5.59. The van der Waals surface area contributed by atoms with E-state index in [1.165, 1.54) is 16.7 Å². The Bertz CT molecular complexity index is 388.